The molecule has 0 saturated carbocycles. The van der Waals surface area contributed by atoms with Crippen molar-refractivity contribution >= 4 is 11.9 Å². The van der Waals surface area contributed by atoms with Gasteiger partial charge in [-0.1, -0.05) is 6.58 Å². The number of hydrogen-bond donors (Lipinski definition) is 0. The molecule has 4 nitrogen and oxygen atoms in total. The van der Waals surface area contributed by atoms with Crippen LogP contribution in [-0.2, 0) is 14.3 Å². The molecule has 13 heavy (non-hydrogen) atoms. The minimum atomic E-state index is -0.426. The smallest absolute Gasteiger partial charge is 0.343 e. The highest BCUT2D eigenvalue weighted by molar-refractivity contribution is 5.93. The minimum absolute atomic E-state index is 0.123. The molecule has 0 saturated heterocycles. The Labute approximate surface area is 78.3 Å². The van der Waals surface area contributed by atoms with Gasteiger partial charge in [0.05, 0.1) is 7.11 Å². The van der Waals surface area contributed by atoms with Gasteiger partial charge in [0.1, 0.15) is 0 Å². The molecular formula is C9H15NO3. The van der Waals surface area contributed by atoms with Gasteiger partial charge in [0.25, 0.3) is 0 Å². The van der Waals surface area contributed by atoms with E-state index in [1.54, 1.807) is 6.92 Å². The molecule has 0 aromatic rings. The van der Waals surface area contributed by atoms with E-state index in [0.29, 0.717) is 18.0 Å². The quantitative estimate of drug-likeness (QED) is 0.375. The number of methoxy groups -OCH3 is 1. The van der Waals surface area contributed by atoms with Gasteiger partial charge in [0.2, 0.25) is 5.90 Å². The van der Waals surface area contributed by atoms with Crippen molar-refractivity contribution in [2.75, 3.05) is 20.3 Å². The molecule has 0 atom stereocenters. The molecule has 0 aromatic heterocycles. The zero-order chi connectivity index (χ0) is 10.3. The second-order valence-electron chi connectivity index (χ2n) is 2.42. The average molecular weight is 185 g/mol. The Kier molecular flexibility index (Phi) is 5.59. The molecule has 0 aliphatic carbocycles. The van der Waals surface area contributed by atoms with Crippen LogP contribution in [0.1, 0.15) is 13.8 Å². The lowest BCUT2D eigenvalue weighted by atomic mass is 10.3. The number of carbonyl (C=O) groups excluding carboxylic acids is 1. The van der Waals surface area contributed by atoms with Crippen LogP contribution in [0.15, 0.2) is 17.1 Å². The predicted molar refractivity (Wildman–Crippen MR) is 50.8 cm³/mol. The number of ether oxygens (including phenoxy) is 2. The number of rotatable bonds is 4. The van der Waals surface area contributed by atoms with E-state index in [1.165, 1.54) is 7.11 Å². The zero-order valence-electron chi connectivity index (χ0n) is 8.29. The summed E-state index contributed by atoms with van der Waals surface area (Å²) in [7, 11) is 1.31. The lowest BCUT2D eigenvalue weighted by Gasteiger charge is -2.06. The number of esters is 1. The van der Waals surface area contributed by atoms with Gasteiger partial charge in [0.15, 0.2) is 6.61 Å². The van der Waals surface area contributed by atoms with Crippen LogP contribution in [0.5, 0.6) is 0 Å². The fourth-order valence-electron chi connectivity index (χ4n) is 0.634. The molecule has 0 radical (unpaired) electrons. The summed E-state index contributed by atoms with van der Waals surface area (Å²) in [5, 5.41) is 0. The molecule has 0 heterocycles. The summed E-state index contributed by atoms with van der Waals surface area (Å²) < 4.78 is 9.48. The van der Waals surface area contributed by atoms with Crippen molar-refractivity contribution in [1.29, 1.82) is 0 Å². The monoisotopic (exact) mass is 185 g/mol. The van der Waals surface area contributed by atoms with Crippen molar-refractivity contribution in [2.24, 2.45) is 4.99 Å². The molecular weight excluding hydrogens is 170 g/mol. The van der Waals surface area contributed by atoms with Crippen LogP contribution in [-0.4, -0.2) is 32.1 Å². The summed E-state index contributed by atoms with van der Waals surface area (Å²) in [5.41, 5.74) is 0.700. The van der Waals surface area contributed by atoms with Gasteiger partial charge in [0, 0.05) is 12.1 Å². The molecule has 0 spiro atoms. The molecule has 4 heteroatoms. The first-order chi connectivity index (χ1) is 6.11. The highest BCUT2D eigenvalue weighted by atomic mass is 16.6. The zero-order valence-corrected chi connectivity index (χ0v) is 8.29. The lowest BCUT2D eigenvalue weighted by molar-refractivity contribution is -0.143. The second-order valence-corrected chi connectivity index (χ2v) is 2.42. The molecule has 0 aliphatic heterocycles. The van der Waals surface area contributed by atoms with Crippen molar-refractivity contribution in [2.45, 2.75) is 13.8 Å². The molecule has 0 fully saturated rings. The van der Waals surface area contributed by atoms with Crippen LogP contribution in [0.25, 0.3) is 0 Å². The standard InChI is InChI=1S/C9H15NO3/c1-5-10-9(7(2)3)13-6-8(11)12-4/h2,5-6H2,1,3-4H3. The SMILES string of the molecule is C=C(C)C(=NCC)OCC(=O)OC. The van der Waals surface area contributed by atoms with E-state index in [0.717, 1.165) is 0 Å². The highest BCUT2D eigenvalue weighted by Crippen LogP contribution is 1.96. The average Bonchev–Trinajstić information content (AvgIpc) is 2.11. The fraction of sp³-hybridized carbons (Fsp3) is 0.556. The van der Waals surface area contributed by atoms with Crippen molar-refractivity contribution < 1.29 is 14.3 Å². The lowest BCUT2D eigenvalue weighted by Crippen LogP contribution is -2.15. The van der Waals surface area contributed by atoms with Gasteiger partial charge >= 0.3 is 5.97 Å². The van der Waals surface area contributed by atoms with Gasteiger partial charge in [-0.25, -0.2) is 4.79 Å². The summed E-state index contributed by atoms with van der Waals surface area (Å²) in [6, 6.07) is 0. The first-order valence-electron chi connectivity index (χ1n) is 4.01. The van der Waals surface area contributed by atoms with E-state index >= 15 is 0 Å². The van der Waals surface area contributed by atoms with Crippen LogP contribution < -0.4 is 0 Å². The van der Waals surface area contributed by atoms with E-state index in [2.05, 4.69) is 16.3 Å². The van der Waals surface area contributed by atoms with Crippen LogP contribution in [0, 0.1) is 0 Å². The predicted octanol–water partition coefficient (Wildman–Crippen LogP) is 1.17. The Bertz CT molecular complexity index is 221. The van der Waals surface area contributed by atoms with E-state index in [9.17, 15) is 4.79 Å². The van der Waals surface area contributed by atoms with E-state index in [1.807, 2.05) is 6.92 Å². The molecule has 0 rings (SSSR count). The third-order valence-electron chi connectivity index (χ3n) is 1.22. The summed E-state index contributed by atoms with van der Waals surface area (Å²) in [4.78, 5) is 14.7. The maximum Gasteiger partial charge on any atom is 0.343 e. The first-order valence-corrected chi connectivity index (χ1v) is 4.01. The molecule has 74 valence electrons. The topological polar surface area (TPSA) is 47.9 Å². The van der Waals surface area contributed by atoms with Gasteiger partial charge in [-0.15, -0.1) is 0 Å². The highest BCUT2D eigenvalue weighted by Gasteiger charge is 2.05. The Hall–Kier alpha value is -1.32. The normalized spacial score (nSPS) is 10.8. The van der Waals surface area contributed by atoms with E-state index in [-0.39, 0.29) is 6.61 Å². The maximum atomic E-state index is 10.7. The Morgan fingerprint density at radius 3 is 2.54 bits per heavy atom. The summed E-state index contributed by atoms with van der Waals surface area (Å²) in [6.07, 6.45) is 0. The van der Waals surface area contributed by atoms with Crippen LogP contribution in [0.4, 0.5) is 0 Å². The molecule has 0 bridgehead atoms. The van der Waals surface area contributed by atoms with Crippen molar-refractivity contribution in [3.63, 3.8) is 0 Å². The van der Waals surface area contributed by atoms with Crippen LogP contribution in [0.3, 0.4) is 0 Å². The van der Waals surface area contributed by atoms with Crippen LogP contribution in [0.2, 0.25) is 0 Å². The minimum Gasteiger partial charge on any atom is -0.466 e. The van der Waals surface area contributed by atoms with E-state index < -0.39 is 5.97 Å². The largest absolute Gasteiger partial charge is 0.466 e. The molecule has 0 aliphatic rings. The Balaban J connectivity index is 4.05. The maximum absolute atomic E-state index is 10.7. The Morgan fingerprint density at radius 1 is 1.54 bits per heavy atom. The van der Waals surface area contributed by atoms with Gasteiger partial charge in [-0.2, -0.15) is 0 Å². The van der Waals surface area contributed by atoms with Gasteiger partial charge in [-0.3, -0.25) is 4.99 Å². The third-order valence-corrected chi connectivity index (χ3v) is 1.22. The summed E-state index contributed by atoms with van der Waals surface area (Å²) in [6.45, 7) is 7.80. The van der Waals surface area contributed by atoms with Gasteiger partial charge < -0.3 is 9.47 Å². The van der Waals surface area contributed by atoms with Crippen molar-refractivity contribution in [3.8, 4) is 0 Å². The second kappa shape index (κ2) is 6.22. The summed E-state index contributed by atoms with van der Waals surface area (Å²) in [5.74, 6) is -0.0158. The van der Waals surface area contributed by atoms with Crippen LogP contribution >= 0.6 is 0 Å². The third kappa shape index (κ3) is 5.00. The number of nitrogens with zero attached hydrogens (tertiary/aromatic N) is 1. The number of aliphatic imine (C=N–C) groups is 1. The molecule has 0 N–H and O–H groups in total. The Morgan fingerprint density at radius 2 is 2.15 bits per heavy atom. The number of hydrogen-bond acceptors (Lipinski definition) is 4. The van der Waals surface area contributed by atoms with E-state index in [4.69, 9.17) is 4.74 Å². The number of carbonyl (C=O) groups is 1. The van der Waals surface area contributed by atoms with Crippen molar-refractivity contribution in [3.05, 3.63) is 12.2 Å². The summed E-state index contributed by atoms with van der Waals surface area (Å²) >= 11 is 0. The molecule has 0 unspecified atom stereocenters. The molecule has 0 amide bonds. The first kappa shape index (κ1) is 11.7. The fourth-order valence-corrected chi connectivity index (χ4v) is 0.634. The molecule has 0 aromatic carbocycles. The van der Waals surface area contributed by atoms with Crippen molar-refractivity contribution in [1.82, 2.24) is 0 Å². The van der Waals surface area contributed by atoms with Gasteiger partial charge in [-0.05, 0) is 13.8 Å².